The molecule has 0 aliphatic heterocycles. The Morgan fingerprint density at radius 2 is 2.10 bits per heavy atom. The van der Waals surface area contributed by atoms with Crippen molar-refractivity contribution in [2.24, 2.45) is 5.92 Å². The number of benzene rings is 1. The zero-order valence-electron chi connectivity index (χ0n) is 12.8. The lowest BCUT2D eigenvalue weighted by molar-refractivity contribution is 0.0806. The van der Waals surface area contributed by atoms with Gasteiger partial charge in [0, 0.05) is 12.2 Å². The van der Waals surface area contributed by atoms with E-state index in [9.17, 15) is 0 Å². The van der Waals surface area contributed by atoms with Crippen molar-refractivity contribution in [2.75, 3.05) is 13.7 Å². The highest BCUT2D eigenvalue weighted by atomic mass is 16.5. The predicted octanol–water partition coefficient (Wildman–Crippen LogP) is 4.30. The van der Waals surface area contributed by atoms with E-state index in [-0.39, 0.29) is 0 Å². The molecule has 0 aliphatic carbocycles. The molecule has 1 aromatic rings. The number of methoxy groups -OCH3 is 1. The standard InChI is InChI=1S/C17H25NO2/c1-4-6-7-14(5-2)12-20-13-16-10-15(11-18)8-9-17(16)19-3/h8-10,14H,4-7,12-13H2,1-3H3. The maximum atomic E-state index is 8.94. The minimum absolute atomic E-state index is 0.501. The number of nitrogens with zero attached hydrogens (tertiary/aromatic N) is 1. The SMILES string of the molecule is CCCCC(CC)COCc1cc(C#N)ccc1OC. The first-order valence-corrected chi connectivity index (χ1v) is 7.39. The van der Waals surface area contributed by atoms with Gasteiger partial charge in [-0.2, -0.15) is 5.26 Å². The molecule has 3 nitrogen and oxygen atoms in total. The molecule has 0 saturated carbocycles. The van der Waals surface area contributed by atoms with Crippen LogP contribution in [0.2, 0.25) is 0 Å². The first-order chi connectivity index (χ1) is 9.74. The van der Waals surface area contributed by atoms with Gasteiger partial charge in [0.2, 0.25) is 0 Å². The average Bonchev–Trinajstić information content (AvgIpc) is 2.50. The lowest BCUT2D eigenvalue weighted by atomic mass is 10.0. The molecule has 0 radical (unpaired) electrons. The van der Waals surface area contributed by atoms with Gasteiger partial charge in [-0.15, -0.1) is 0 Å². The van der Waals surface area contributed by atoms with Crippen LogP contribution >= 0.6 is 0 Å². The highest BCUT2D eigenvalue weighted by Crippen LogP contribution is 2.21. The van der Waals surface area contributed by atoms with Crippen LogP contribution in [0.5, 0.6) is 5.75 Å². The number of ether oxygens (including phenoxy) is 2. The highest BCUT2D eigenvalue weighted by molar-refractivity contribution is 5.41. The van der Waals surface area contributed by atoms with E-state index in [0.717, 1.165) is 24.3 Å². The van der Waals surface area contributed by atoms with Gasteiger partial charge in [-0.3, -0.25) is 0 Å². The van der Waals surface area contributed by atoms with Crippen molar-refractivity contribution >= 4 is 0 Å². The molecular formula is C17H25NO2. The van der Waals surface area contributed by atoms with Crippen molar-refractivity contribution < 1.29 is 9.47 Å². The van der Waals surface area contributed by atoms with E-state index in [2.05, 4.69) is 19.9 Å². The number of hydrogen-bond acceptors (Lipinski definition) is 3. The normalized spacial score (nSPS) is 11.9. The summed E-state index contributed by atoms with van der Waals surface area (Å²) in [6, 6.07) is 7.57. The predicted molar refractivity (Wildman–Crippen MR) is 80.7 cm³/mol. The molecule has 3 heteroatoms. The fourth-order valence-corrected chi connectivity index (χ4v) is 2.19. The zero-order chi connectivity index (χ0) is 14.8. The van der Waals surface area contributed by atoms with E-state index in [1.165, 1.54) is 19.3 Å². The summed E-state index contributed by atoms with van der Waals surface area (Å²) >= 11 is 0. The second-order valence-corrected chi connectivity index (χ2v) is 5.07. The Morgan fingerprint density at radius 1 is 1.30 bits per heavy atom. The van der Waals surface area contributed by atoms with Gasteiger partial charge in [0.05, 0.1) is 25.3 Å². The summed E-state index contributed by atoms with van der Waals surface area (Å²) in [5.74, 6) is 1.41. The zero-order valence-corrected chi connectivity index (χ0v) is 12.8. The van der Waals surface area contributed by atoms with Crippen LogP contribution in [-0.4, -0.2) is 13.7 Å². The molecule has 0 amide bonds. The second kappa shape index (κ2) is 9.39. The third-order valence-electron chi connectivity index (χ3n) is 3.56. The van der Waals surface area contributed by atoms with Gasteiger partial charge < -0.3 is 9.47 Å². The molecule has 1 aromatic carbocycles. The maximum Gasteiger partial charge on any atom is 0.124 e. The third-order valence-corrected chi connectivity index (χ3v) is 3.56. The molecule has 110 valence electrons. The second-order valence-electron chi connectivity index (χ2n) is 5.07. The fourth-order valence-electron chi connectivity index (χ4n) is 2.19. The van der Waals surface area contributed by atoms with E-state index >= 15 is 0 Å². The van der Waals surface area contributed by atoms with Crippen LogP contribution in [0.25, 0.3) is 0 Å². The van der Waals surface area contributed by atoms with Crippen LogP contribution in [0, 0.1) is 17.2 Å². The van der Waals surface area contributed by atoms with Gasteiger partial charge >= 0.3 is 0 Å². The Hall–Kier alpha value is -1.53. The van der Waals surface area contributed by atoms with Gasteiger partial charge in [0.25, 0.3) is 0 Å². The van der Waals surface area contributed by atoms with Crippen LogP contribution in [0.4, 0.5) is 0 Å². The van der Waals surface area contributed by atoms with Crippen molar-refractivity contribution in [1.29, 1.82) is 5.26 Å². The summed E-state index contributed by atoms with van der Waals surface area (Å²) in [6.07, 6.45) is 4.86. The summed E-state index contributed by atoms with van der Waals surface area (Å²) in [6.45, 7) is 5.70. The van der Waals surface area contributed by atoms with Crippen LogP contribution < -0.4 is 4.74 Å². The Bertz CT molecular complexity index is 437. The number of hydrogen-bond donors (Lipinski definition) is 0. The lowest BCUT2D eigenvalue weighted by Gasteiger charge is -2.15. The van der Waals surface area contributed by atoms with E-state index in [1.54, 1.807) is 13.2 Å². The number of rotatable bonds is 9. The van der Waals surface area contributed by atoms with Crippen LogP contribution in [0.15, 0.2) is 18.2 Å². The van der Waals surface area contributed by atoms with E-state index < -0.39 is 0 Å². The van der Waals surface area contributed by atoms with Gasteiger partial charge in [-0.1, -0.05) is 33.1 Å². The molecule has 0 aromatic heterocycles. The summed E-state index contributed by atoms with van der Waals surface area (Å²) in [7, 11) is 1.64. The lowest BCUT2D eigenvalue weighted by Crippen LogP contribution is -2.09. The summed E-state index contributed by atoms with van der Waals surface area (Å²) in [5.41, 5.74) is 1.58. The van der Waals surface area contributed by atoms with E-state index in [1.807, 2.05) is 12.1 Å². The Labute approximate surface area is 122 Å². The van der Waals surface area contributed by atoms with Gasteiger partial charge in [0.1, 0.15) is 5.75 Å². The van der Waals surface area contributed by atoms with Crippen molar-refractivity contribution in [3.63, 3.8) is 0 Å². The molecule has 0 saturated heterocycles. The monoisotopic (exact) mass is 275 g/mol. The Morgan fingerprint density at radius 3 is 2.70 bits per heavy atom. The molecule has 0 fully saturated rings. The van der Waals surface area contributed by atoms with Crippen LogP contribution in [0.1, 0.15) is 50.7 Å². The Kier molecular flexibility index (Phi) is 7.75. The number of unbranched alkanes of at least 4 members (excludes halogenated alkanes) is 1. The summed E-state index contributed by atoms with van der Waals surface area (Å²) in [4.78, 5) is 0. The van der Waals surface area contributed by atoms with Crippen molar-refractivity contribution in [2.45, 2.75) is 46.1 Å². The van der Waals surface area contributed by atoms with E-state index in [4.69, 9.17) is 14.7 Å². The molecule has 0 N–H and O–H groups in total. The van der Waals surface area contributed by atoms with Crippen LogP contribution in [0.3, 0.4) is 0 Å². The molecule has 0 aliphatic rings. The van der Waals surface area contributed by atoms with Crippen molar-refractivity contribution in [1.82, 2.24) is 0 Å². The van der Waals surface area contributed by atoms with Crippen LogP contribution in [-0.2, 0) is 11.3 Å². The van der Waals surface area contributed by atoms with Crippen molar-refractivity contribution in [3.05, 3.63) is 29.3 Å². The minimum atomic E-state index is 0.501. The summed E-state index contributed by atoms with van der Waals surface area (Å²) < 4.78 is 11.1. The first-order valence-electron chi connectivity index (χ1n) is 7.39. The molecule has 1 unspecified atom stereocenters. The number of nitriles is 1. The maximum absolute atomic E-state index is 8.94. The minimum Gasteiger partial charge on any atom is -0.496 e. The Balaban J connectivity index is 2.54. The largest absolute Gasteiger partial charge is 0.496 e. The quantitative estimate of drug-likeness (QED) is 0.674. The molecular weight excluding hydrogens is 250 g/mol. The highest BCUT2D eigenvalue weighted by Gasteiger charge is 2.08. The molecule has 1 rings (SSSR count). The molecule has 0 spiro atoms. The van der Waals surface area contributed by atoms with Gasteiger partial charge in [-0.05, 0) is 30.5 Å². The van der Waals surface area contributed by atoms with Gasteiger partial charge in [-0.25, -0.2) is 0 Å². The molecule has 20 heavy (non-hydrogen) atoms. The summed E-state index contributed by atoms with van der Waals surface area (Å²) in [5, 5.41) is 8.94. The average molecular weight is 275 g/mol. The molecule has 1 atom stereocenters. The molecule has 0 heterocycles. The van der Waals surface area contributed by atoms with Gasteiger partial charge in [0.15, 0.2) is 0 Å². The van der Waals surface area contributed by atoms with Crippen molar-refractivity contribution in [3.8, 4) is 11.8 Å². The fraction of sp³-hybridized carbons (Fsp3) is 0.588. The smallest absolute Gasteiger partial charge is 0.124 e. The molecule has 0 bridgehead atoms. The third kappa shape index (κ3) is 5.22. The first kappa shape index (κ1) is 16.5. The topological polar surface area (TPSA) is 42.2 Å². The van der Waals surface area contributed by atoms with E-state index in [0.29, 0.717) is 18.1 Å².